The maximum Gasteiger partial charge on any atom is 0.185 e. The van der Waals surface area contributed by atoms with Gasteiger partial charge in [-0.2, -0.15) is 0 Å². The SMILES string of the molecule is C[C@@H](C1CCN(c2nc(-c3ccc(F)cc3)cs2)CC1)N1CCOCC1. The molecule has 3 heterocycles. The summed E-state index contributed by atoms with van der Waals surface area (Å²) < 4.78 is 18.6. The molecule has 1 aromatic carbocycles. The first-order valence-corrected chi connectivity index (χ1v) is 10.4. The predicted molar refractivity (Wildman–Crippen MR) is 104 cm³/mol. The Bertz CT molecular complexity index is 706. The third kappa shape index (κ3) is 3.92. The van der Waals surface area contributed by atoms with Crippen molar-refractivity contribution >= 4 is 16.5 Å². The Labute approximate surface area is 158 Å². The van der Waals surface area contributed by atoms with Crippen LogP contribution in [0.4, 0.5) is 9.52 Å². The molecule has 140 valence electrons. The number of ether oxygens (including phenoxy) is 1. The Hall–Kier alpha value is -1.50. The molecule has 0 aliphatic carbocycles. The minimum Gasteiger partial charge on any atom is -0.379 e. The topological polar surface area (TPSA) is 28.6 Å². The highest BCUT2D eigenvalue weighted by atomic mass is 32.1. The number of anilines is 1. The van der Waals surface area contributed by atoms with Crippen molar-refractivity contribution in [3.8, 4) is 11.3 Å². The lowest BCUT2D eigenvalue weighted by molar-refractivity contribution is 0.00449. The summed E-state index contributed by atoms with van der Waals surface area (Å²) in [5, 5.41) is 3.16. The molecule has 4 nitrogen and oxygen atoms in total. The maximum absolute atomic E-state index is 13.1. The molecule has 2 aliphatic rings. The van der Waals surface area contributed by atoms with Crippen LogP contribution in [0.3, 0.4) is 0 Å². The van der Waals surface area contributed by atoms with Gasteiger partial charge < -0.3 is 9.64 Å². The summed E-state index contributed by atoms with van der Waals surface area (Å²) in [7, 11) is 0. The van der Waals surface area contributed by atoms with Gasteiger partial charge >= 0.3 is 0 Å². The Kier molecular flexibility index (Phi) is 5.52. The molecule has 2 aromatic rings. The first-order chi connectivity index (χ1) is 12.7. The lowest BCUT2D eigenvalue weighted by atomic mass is 9.89. The fraction of sp³-hybridized carbons (Fsp3) is 0.550. The van der Waals surface area contributed by atoms with E-state index in [0.717, 1.165) is 61.7 Å². The number of morpholine rings is 1. The van der Waals surface area contributed by atoms with Crippen LogP contribution >= 0.6 is 11.3 Å². The Morgan fingerprint density at radius 1 is 1.12 bits per heavy atom. The van der Waals surface area contributed by atoms with Crippen LogP contribution in [-0.2, 0) is 4.74 Å². The van der Waals surface area contributed by atoms with Crippen LogP contribution in [-0.4, -0.2) is 55.3 Å². The van der Waals surface area contributed by atoms with Crippen molar-refractivity contribution in [2.24, 2.45) is 5.92 Å². The third-order valence-corrected chi connectivity index (χ3v) is 6.65. The normalized spacial score (nSPS) is 21.1. The molecular weight excluding hydrogens is 349 g/mol. The zero-order valence-corrected chi connectivity index (χ0v) is 16.1. The number of piperidine rings is 1. The first-order valence-electron chi connectivity index (χ1n) is 9.49. The van der Waals surface area contributed by atoms with E-state index in [0.29, 0.717) is 6.04 Å². The summed E-state index contributed by atoms with van der Waals surface area (Å²) in [6.07, 6.45) is 2.42. The van der Waals surface area contributed by atoms with Crippen LogP contribution in [0.1, 0.15) is 19.8 Å². The maximum atomic E-state index is 13.1. The van der Waals surface area contributed by atoms with Crippen molar-refractivity contribution < 1.29 is 9.13 Å². The second kappa shape index (κ2) is 8.03. The van der Waals surface area contributed by atoms with E-state index in [1.54, 1.807) is 23.5 Å². The molecular formula is C20H26FN3OS. The average Bonchev–Trinajstić information content (AvgIpc) is 3.19. The van der Waals surface area contributed by atoms with E-state index in [9.17, 15) is 4.39 Å². The van der Waals surface area contributed by atoms with Crippen molar-refractivity contribution in [1.82, 2.24) is 9.88 Å². The summed E-state index contributed by atoms with van der Waals surface area (Å²) in [4.78, 5) is 9.77. The minimum atomic E-state index is -0.208. The zero-order chi connectivity index (χ0) is 17.9. The van der Waals surface area contributed by atoms with Gasteiger partial charge in [-0.1, -0.05) is 0 Å². The van der Waals surface area contributed by atoms with Gasteiger partial charge in [-0.3, -0.25) is 4.90 Å². The van der Waals surface area contributed by atoms with Crippen LogP contribution in [0, 0.1) is 11.7 Å². The number of hydrogen-bond donors (Lipinski definition) is 0. The molecule has 0 unspecified atom stereocenters. The summed E-state index contributed by atoms with van der Waals surface area (Å²) >= 11 is 1.69. The molecule has 4 rings (SSSR count). The summed E-state index contributed by atoms with van der Waals surface area (Å²) in [6.45, 7) is 8.37. The second-order valence-electron chi connectivity index (χ2n) is 7.24. The number of nitrogens with zero attached hydrogens (tertiary/aromatic N) is 3. The predicted octanol–water partition coefficient (Wildman–Crippen LogP) is 3.89. The van der Waals surface area contributed by atoms with Crippen molar-refractivity contribution in [2.45, 2.75) is 25.8 Å². The molecule has 0 spiro atoms. The van der Waals surface area contributed by atoms with Crippen LogP contribution in [0.2, 0.25) is 0 Å². The average molecular weight is 376 g/mol. The number of rotatable bonds is 4. The highest BCUT2D eigenvalue weighted by Gasteiger charge is 2.29. The summed E-state index contributed by atoms with van der Waals surface area (Å²) in [6, 6.07) is 7.21. The van der Waals surface area contributed by atoms with E-state index < -0.39 is 0 Å². The van der Waals surface area contributed by atoms with Gasteiger partial charge in [0.25, 0.3) is 0 Å². The fourth-order valence-electron chi connectivity index (χ4n) is 4.02. The first kappa shape index (κ1) is 17.9. The molecule has 0 N–H and O–H groups in total. The summed E-state index contributed by atoms with van der Waals surface area (Å²) in [5.41, 5.74) is 1.92. The van der Waals surface area contributed by atoms with E-state index in [-0.39, 0.29) is 5.82 Å². The van der Waals surface area contributed by atoms with Gasteiger partial charge in [0, 0.05) is 43.2 Å². The van der Waals surface area contributed by atoms with Crippen LogP contribution in [0.25, 0.3) is 11.3 Å². The van der Waals surface area contributed by atoms with E-state index in [1.807, 2.05) is 0 Å². The van der Waals surface area contributed by atoms with Gasteiger partial charge in [-0.15, -0.1) is 11.3 Å². The lowest BCUT2D eigenvalue weighted by Gasteiger charge is -2.41. The Morgan fingerprint density at radius 2 is 1.81 bits per heavy atom. The number of benzene rings is 1. The van der Waals surface area contributed by atoms with Gasteiger partial charge in [0.05, 0.1) is 18.9 Å². The van der Waals surface area contributed by atoms with Crippen LogP contribution < -0.4 is 4.90 Å². The van der Waals surface area contributed by atoms with E-state index in [4.69, 9.17) is 9.72 Å². The Balaban J connectivity index is 1.35. The highest BCUT2D eigenvalue weighted by Crippen LogP contribution is 2.32. The Morgan fingerprint density at radius 3 is 2.50 bits per heavy atom. The minimum absolute atomic E-state index is 0.208. The molecule has 0 amide bonds. The van der Waals surface area contributed by atoms with E-state index in [1.165, 1.54) is 25.0 Å². The van der Waals surface area contributed by atoms with Gasteiger partial charge in [0.1, 0.15) is 5.82 Å². The molecule has 26 heavy (non-hydrogen) atoms. The zero-order valence-electron chi connectivity index (χ0n) is 15.2. The van der Waals surface area contributed by atoms with Crippen LogP contribution in [0.15, 0.2) is 29.6 Å². The van der Waals surface area contributed by atoms with Gasteiger partial charge in [-0.25, -0.2) is 9.37 Å². The third-order valence-electron chi connectivity index (χ3n) is 5.75. The van der Waals surface area contributed by atoms with Crippen molar-refractivity contribution in [3.05, 3.63) is 35.5 Å². The summed E-state index contributed by atoms with van der Waals surface area (Å²) in [5.74, 6) is 0.543. The molecule has 1 atom stereocenters. The lowest BCUT2D eigenvalue weighted by Crippen LogP contribution is -2.48. The molecule has 6 heteroatoms. The van der Waals surface area contributed by atoms with Crippen LogP contribution in [0.5, 0.6) is 0 Å². The molecule has 2 saturated heterocycles. The number of halogens is 1. The number of aromatic nitrogens is 1. The van der Waals surface area contributed by atoms with Crippen molar-refractivity contribution in [2.75, 3.05) is 44.3 Å². The van der Waals surface area contributed by atoms with E-state index >= 15 is 0 Å². The van der Waals surface area contributed by atoms with E-state index in [2.05, 4.69) is 22.1 Å². The molecule has 0 saturated carbocycles. The van der Waals surface area contributed by atoms with Crippen molar-refractivity contribution in [1.29, 1.82) is 0 Å². The van der Waals surface area contributed by atoms with Gasteiger partial charge in [0.15, 0.2) is 5.13 Å². The number of hydrogen-bond acceptors (Lipinski definition) is 5. The monoisotopic (exact) mass is 375 g/mol. The molecule has 1 aromatic heterocycles. The molecule has 2 aliphatic heterocycles. The molecule has 2 fully saturated rings. The quantitative estimate of drug-likeness (QED) is 0.811. The smallest absolute Gasteiger partial charge is 0.185 e. The van der Waals surface area contributed by atoms with Gasteiger partial charge in [0.2, 0.25) is 0 Å². The standard InChI is InChI=1S/C20H26FN3OS/c1-15(23-10-12-25-13-11-23)16-6-8-24(9-7-16)20-22-19(14-26-20)17-2-4-18(21)5-3-17/h2-5,14-16H,6-13H2,1H3/t15-/m0/s1. The van der Waals surface area contributed by atoms with Gasteiger partial charge in [-0.05, 0) is 49.9 Å². The number of thiazole rings is 1. The molecule has 0 bridgehead atoms. The fourth-order valence-corrected chi connectivity index (χ4v) is 4.91. The molecule has 0 radical (unpaired) electrons. The van der Waals surface area contributed by atoms with Crippen molar-refractivity contribution in [3.63, 3.8) is 0 Å². The highest BCUT2D eigenvalue weighted by molar-refractivity contribution is 7.14. The second-order valence-corrected chi connectivity index (χ2v) is 8.07. The largest absolute Gasteiger partial charge is 0.379 e.